The first-order valence-electron chi connectivity index (χ1n) is 6.95. The quantitative estimate of drug-likeness (QED) is 0.787. The number of thiophene rings is 1. The molecule has 110 valence electrons. The molecule has 0 unspecified atom stereocenters. The maximum atomic E-state index is 12.0. The summed E-state index contributed by atoms with van der Waals surface area (Å²) in [5.74, 6) is 0.194. The summed E-state index contributed by atoms with van der Waals surface area (Å²) in [4.78, 5) is 13.5. The number of hydrogen-bond donors (Lipinski definition) is 0. The van der Waals surface area contributed by atoms with Crippen molar-refractivity contribution >= 4 is 27.1 Å². The lowest BCUT2D eigenvalue weighted by Crippen LogP contribution is -2.12. The molecule has 1 aliphatic heterocycles. The maximum absolute atomic E-state index is 12.0. The third kappa shape index (κ3) is 2.39. The molecule has 1 aromatic rings. The van der Waals surface area contributed by atoms with Crippen LogP contribution in [0.5, 0.6) is 0 Å². The first-order chi connectivity index (χ1) is 9.52. The van der Waals surface area contributed by atoms with E-state index < -0.39 is 9.84 Å². The SMILES string of the molecule is COC(=O)c1sc2c(c1C1CCCCC1)CS(=O)(=O)C2. The molecule has 4 nitrogen and oxygen atoms in total. The molecule has 1 aromatic heterocycles. The van der Waals surface area contributed by atoms with Crippen molar-refractivity contribution in [3.8, 4) is 0 Å². The van der Waals surface area contributed by atoms with Crippen molar-refractivity contribution in [2.75, 3.05) is 7.11 Å². The summed E-state index contributed by atoms with van der Waals surface area (Å²) in [5, 5.41) is 0. The van der Waals surface area contributed by atoms with Crippen LogP contribution in [-0.2, 0) is 26.1 Å². The van der Waals surface area contributed by atoms with Gasteiger partial charge in [-0.2, -0.15) is 0 Å². The maximum Gasteiger partial charge on any atom is 0.348 e. The van der Waals surface area contributed by atoms with Gasteiger partial charge in [0.1, 0.15) is 4.88 Å². The van der Waals surface area contributed by atoms with Gasteiger partial charge in [0.25, 0.3) is 0 Å². The van der Waals surface area contributed by atoms with Gasteiger partial charge in [-0.15, -0.1) is 11.3 Å². The molecule has 1 fully saturated rings. The Morgan fingerprint density at radius 3 is 2.55 bits per heavy atom. The second-order valence-corrected chi connectivity index (χ2v) is 8.78. The molecule has 1 aliphatic carbocycles. The lowest BCUT2D eigenvalue weighted by atomic mass is 9.82. The molecule has 0 amide bonds. The average Bonchev–Trinajstić information content (AvgIpc) is 2.90. The van der Waals surface area contributed by atoms with Gasteiger partial charge in [0.2, 0.25) is 0 Å². The molecule has 0 atom stereocenters. The molecule has 20 heavy (non-hydrogen) atoms. The largest absolute Gasteiger partial charge is 0.465 e. The molecule has 2 aliphatic rings. The Hall–Kier alpha value is -0.880. The lowest BCUT2D eigenvalue weighted by Gasteiger charge is -2.23. The Labute approximate surface area is 123 Å². The molecule has 0 saturated heterocycles. The Morgan fingerprint density at radius 2 is 1.90 bits per heavy atom. The number of hydrogen-bond acceptors (Lipinski definition) is 5. The van der Waals surface area contributed by atoms with Crippen molar-refractivity contribution in [2.45, 2.75) is 49.5 Å². The Morgan fingerprint density at radius 1 is 1.20 bits per heavy atom. The molecule has 6 heteroatoms. The first kappa shape index (κ1) is 14.1. The summed E-state index contributed by atoms with van der Waals surface area (Å²) in [6.07, 6.45) is 5.64. The number of sulfone groups is 1. The Balaban J connectivity index is 2.07. The molecule has 3 rings (SSSR count). The van der Waals surface area contributed by atoms with Crippen molar-refractivity contribution in [3.05, 3.63) is 20.9 Å². The van der Waals surface area contributed by atoms with Gasteiger partial charge in [-0.1, -0.05) is 19.3 Å². The molecule has 0 spiro atoms. The van der Waals surface area contributed by atoms with Crippen LogP contribution in [0.4, 0.5) is 0 Å². The highest BCUT2D eigenvalue weighted by Gasteiger charge is 2.36. The van der Waals surface area contributed by atoms with Crippen LogP contribution in [0.2, 0.25) is 0 Å². The molecule has 0 radical (unpaired) electrons. The van der Waals surface area contributed by atoms with E-state index in [0.29, 0.717) is 10.8 Å². The predicted molar refractivity (Wildman–Crippen MR) is 77.8 cm³/mol. The van der Waals surface area contributed by atoms with E-state index in [0.717, 1.165) is 41.7 Å². The third-order valence-electron chi connectivity index (χ3n) is 4.23. The Kier molecular flexibility index (Phi) is 3.62. The minimum absolute atomic E-state index is 0.0870. The zero-order valence-electron chi connectivity index (χ0n) is 11.5. The summed E-state index contributed by atoms with van der Waals surface area (Å²) in [6.45, 7) is 0. The van der Waals surface area contributed by atoms with Gasteiger partial charge in [0.05, 0.1) is 18.6 Å². The third-order valence-corrected chi connectivity index (χ3v) is 7.10. The van der Waals surface area contributed by atoms with Crippen LogP contribution in [0.1, 0.15) is 63.7 Å². The number of methoxy groups -OCH3 is 1. The number of fused-ring (bicyclic) bond motifs is 1. The van der Waals surface area contributed by atoms with Crippen LogP contribution in [0, 0.1) is 0 Å². The predicted octanol–water partition coefficient (Wildman–Crippen LogP) is 3.01. The van der Waals surface area contributed by atoms with Crippen LogP contribution in [-0.4, -0.2) is 21.5 Å². The second-order valence-electron chi connectivity index (χ2n) is 5.61. The van der Waals surface area contributed by atoms with E-state index in [-0.39, 0.29) is 17.5 Å². The van der Waals surface area contributed by atoms with Gasteiger partial charge in [0.15, 0.2) is 9.84 Å². The van der Waals surface area contributed by atoms with E-state index in [1.165, 1.54) is 24.9 Å². The zero-order chi connectivity index (χ0) is 14.3. The van der Waals surface area contributed by atoms with E-state index >= 15 is 0 Å². The fraction of sp³-hybridized carbons (Fsp3) is 0.643. The number of carbonyl (C=O) groups is 1. The number of rotatable bonds is 2. The summed E-state index contributed by atoms with van der Waals surface area (Å²) in [5.41, 5.74) is 1.89. The van der Waals surface area contributed by atoms with Gasteiger partial charge >= 0.3 is 5.97 Å². The highest BCUT2D eigenvalue weighted by atomic mass is 32.2. The zero-order valence-corrected chi connectivity index (χ0v) is 13.1. The second kappa shape index (κ2) is 5.15. The van der Waals surface area contributed by atoms with Gasteiger partial charge in [0, 0.05) is 4.88 Å². The van der Waals surface area contributed by atoms with E-state index in [1.807, 2.05) is 0 Å². The van der Waals surface area contributed by atoms with Gasteiger partial charge in [-0.25, -0.2) is 13.2 Å². The van der Waals surface area contributed by atoms with Gasteiger partial charge in [-0.3, -0.25) is 0 Å². The molecule has 0 aromatic carbocycles. The van der Waals surface area contributed by atoms with E-state index in [1.54, 1.807) is 0 Å². The van der Waals surface area contributed by atoms with Crippen LogP contribution in [0.15, 0.2) is 0 Å². The summed E-state index contributed by atoms with van der Waals surface area (Å²) in [7, 11) is -1.63. The smallest absolute Gasteiger partial charge is 0.348 e. The minimum atomic E-state index is -3.01. The normalized spacial score (nSPS) is 21.6. The summed E-state index contributed by atoms with van der Waals surface area (Å²) < 4.78 is 28.5. The molecule has 2 heterocycles. The standard InChI is InChI=1S/C14H18O4S2/c1-18-14(15)13-12(9-5-3-2-4-6-9)10-7-20(16,17)8-11(10)19-13/h9H,2-8H2,1H3. The van der Waals surface area contributed by atoms with Crippen molar-refractivity contribution in [1.82, 2.24) is 0 Å². The fourth-order valence-electron chi connectivity index (χ4n) is 3.34. The highest BCUT2D eigenvalue weighted by molar-refractivity contribution is 7.90. The van der Waals surface area contributed by atoms with Crippen molar-refractivity contribution < 1.29 is 17.9 Å². The van der Waals surface area contributed by atoms with Crippen molar-refractivity contribution in [2.24, 2.45) is 0 Å². The van der Waals surface area contributed by atoms with Crippen molar-refractivity contribution in [1.29, 1.82) is 0 Å². The highest BCUT2D eigenvalue weighted by Crippen LogP contribution is 2.45. The average molecular weight is 314 g/mol. The molecule has 1 saturated carbocycles. The van der Waals surface area contributed by atoms with E-state index in [4.69, 9.17) is 4.74 Å². The summed E-state index contributed by atoms with van der Waals surface area (Å²) in [6, 6.07) is 0. The monoisotopic (exact) mass is 314 g/mol. The van der Waals surface area contributed by atoms with Crippen molar-refractivity contribution in [3.63, 3.8) is 0 Å². The molecular weight excluding hydrogens is 296 g/mol. The Bertz CT molecular complexity index is 636. The minimum Gasteiger partial charge on any atom is -0.465 e. The number of esters is 1. The molecular formula is C14H18O4S2. The van der Waals surface area contributed by atoms with Gasteiger partial charge < -0.3 is 4.74 Å². The lowest BCUT2D eigenvalue weighted by molar-refractivity contribution is 0.0604. The summed E-state index contributed by atoms with van der Waals surface area (Å²) >= 11 is 1.32. The van der Waals surface area contributed by atoms with Crippen LogP contribution >= 0.6 is 11.3 Å². The van der Waals surface area contributed by atoms with Crippen LogP contribution in [0.25, 0.3) is 0 Å². The molecule has 0 N–H and O–H groups in total. The number of ether oxygens (including phenoxy) is 1. The van der Waals surface area contributed by atoms with E-state index in [9.17, 15) is 13.2 Å². The fourth-order valence-corrected chi connectivity index (χ4v) is 6.77. The van der Waals surface area contributed by atoms with E-state index in [2.05, 4.69) is 0 Å². The van der Waals surface area contributed by atoms with Crippen LogP contribution in [0.3, 0.4) is 0 Å². The number of carbonyl (C=O) groups excluding carboxylic acids is 1. The van der Waals surface area contributed by atoms with Gasteiger partial charge in [-0.05, 0) is 29.9 Å². The topological polar surface area (TPSA) is 60.4 Å². The van der Waals surface area contributed by atoms with Crippen LogP contribution < -0.4 is 0 Å². The molecule has 0 bridgehead atoms. The first-order valence-corrected chi connectivity index (χ1v) is 9.59.